The molecule has 0 radical (unpaired) electrons. The number of hydrogen-bond acceptors (Lipinski definition) is 4. The summed E-state index contributed by atoms with van der Waals surface area (Å²) in [5.41, 5.74) is -2.01. The maximum atomic E-state index is 12.1. The molecule has 30 heavy (non-hydrogen) atoms. The van der Waals surface area contributed by atoms with Gasteiger partial charge in [0.05, 0.1) is 5.41 Å². The molecule has 0 amide bonds. The minimum atomic E-state index is -5.05. The predicted octanol–water partition coefficient (Wildman–Crippen LogP) is 5.02. The van der Waals surface area contributed by atoms with Gasteiger partial charge in [0.1, 0.15) is 0 Å². The summed E-state index contributed by atoms with van der Waals surface area (Å²) in [6, 6.07) is 0. The summed E-state index contributed by atoms with van der Waals surface area (Å²) in [5, 5.41) is 16.9. The topological polar surface area (TPSA) is 129 Å². The summed E-state index contributed by atoms with van der Waals surface area (Å²) >= 11 is 0. The van der Waals surface area contributed by atoms with Crippen molar-refractivity contribution in [3.05, 3.63) is 0 Å². The molecule has 0 aliphatic carbocycles. The molecule has 0 aliphatic heterocycles. The fourth-order valence-electron chi connectivity index (χ4n) is 3.80. The van der Waals surface area contributed by atoms with Crippen molar-refractivity contribution in [3.63, 3.8) is 0 Å². The maximum Gasteiger partial charge on any atom is 0.325 e. The van der Waals surface area contributed by atoms with Gasteiger partial charge in [-0.15, -0.1) is 0 Å². The average molecular weight is 491 g/mol. The zero-order valence-electron chi connectivity index (χ0n) is 18.8. The monoisotopic (exact) mass is 490 g/mol. The van der Waals surface area contributed by atoms with E-state index in [-0.39, 0.29) is 32.6 Å². The van der Waals surface area contributed by atoms with Crippen LogP contribution in [0.5, 0.6) is 0 Å². The van der Waals surface area contributed by atoms with Gasteiger partial charge in [-0.05, 0) is 12.8 Å². The lowest BCUT2D eigenvalue weighted by atomic mass is 9.74. The minimum absolute atomic E-state index is 0. The molecule has 0 rings (SSSR count). The van der Waals surface area contributed by atoms with Crippen LogP contribution in [0.4, 0.5) is 0 Å². The van der Waals surface area contributed by atoms with Crippen molar-refractivity contribution >= 4 is 41.9 Å². The molecule has 0 spiro atoms. The Hall–Kier alpha value is -0.290. The number of carbonyl (C=O) groups is 2. The third-order valence-corrected chi connectivity index (χ3v) is 6.65. The van der Waals surface area contributed by atoms with Crippen molar-refractivity contribution in [2.24, 2.45) is 5.41 Å². The van der Waals surface area contributed by atoms with Crippen LogP contribution in [0.2, 0.25) is 0 Å². The number of carboxylic acids is 2. The zero-order chi connectivity index (χ0) is 21.6. The van der Waals surface area contributed by atoms with Gasteiger partial charge in [-0.2, -0.15) is 28.2 Å². The van der Waals surface area contributed by atoms with E-state index in [9.17, 15) is 32.8 Å². The summed E-state index contributed by atoms with van der Waals surface area (Å²) in [6.07, 6.45) is 10.2. The van der Waals surface area contributed by atoms with Crippen molar-refractivity contribution in [3.8, 4) is 0 Å². The minimum Gasteiger partial charge on any atom is -0.481 e. The van der Waals surface area contributed by atoms with E-state index < -0.39 is 32.7 Å². The van der Waals surface area contributed by atoms with Crippen LogP contribution in [0.15, 0.2) is 0 Å². The van der Waals surface area contributed by atoms with Crippen molar-refractivity contribution in [2.45, 2.75) is 109 Å². The van der Waals surface area contributed by atoms with Crippen LogP contribution in [0.3, 0.4) is 0 Å². The molecule has 7 nitrogen and oxygen atoms in total. The van der Waals surface area contributed by atoms with E-state index in [0.717, 1.165) is 51.4 Å². The summed E-state index contributed by atoms with van der Waals surface area (Å²) < 4.78 is 33.1. The van der Waals surface area contributed by atoms with Gasteiger partial charge < -0.3 is 10.2 Å². The highest BCUT2D eigenvalue weighted by atomic mass is 32.2. The van der Waals surface area contributed by atoms with Gasteiger partial charge in [-0.1, -0.05) is 90.9 Å². The van der Waals surface area contributed by atoms with E-state index >= 15 is 0 Å². The summed E-state index contributed by atoms with van der Waals surface area (Å²) in [5.74, 6) is -3.26. The number of hydrogen-bond donors (Lipinski definition) is 3. The highest BCUT2D eigenvalue weighted by molar-refractivity contribution is 7.87. The van der Waals surface area contributed by atoms with Crippen LogP contribution in [0.1, 0.15) is 104 Å². The average Bonchev–Trinajstić information content (AvgIpc) is 2.58. The molecule has 0 heterocycles. The first-order valence-electron chi connectivity index (χ1n) is 10.6. The SMILES string of the molecule is CCCCCCCCC(CCCCCCCC)(C(=O)O)C(C(=O)O)S(=O)(=O)O.P.P. The van der Waals surface area contributed by atoms with Gasteiger partial charge in [-0.25, -0.2) is 0 Å². The van der Waals surface area contributed by atoms with Crippen molar-refractivity contribution in [1.82, 2.24) is 0 Å². The number of rotatable bonds is 18. The van der Waals surface area contributed by atoms with E-state index in [4.69, 9.17) is 0 Å². The Morgan fingerprint density at radius 1 is 0.733 bits per heavy atom. The zero-order valence-corrected chi connectivity index (χ0v) is 22.4. The number of carboxylic acid groups (broad SMARTS) is 2. The molecular weight excluding hydrogens is 446 g/mol. The summed E-state index contributed by atoms with van der Waals surface area (Å²) in [4.78, 5) is 23.8. The van der Waals surface area contributed by atoms with Crippen LogP contribution in [0.25, 0.3) is 0 Å². The van der Waals surface area contributed by atoms with Crippen molar-refractivity contribution < 1.29 is 32.8 Å². The molecule has 182 valence electrons. The van der Waals surface area contributed by atoms with Crippen LogP contribution in [0, 0.1) is 5.41 Å². The van der Waals surface area contributed by atoms with Crippen LogP contribution in [-0.4, -0.2) is 40.4 Å². The Labute approximate surface area is 189 Å². The molecule has 0 bridgehead atoms. The first-order chi connectivity index (χ1) is 13.1. The van der Waals surface area contributed by atoms with E-state index in [1.165, 1.54) is 0 Å². The van der Waals surface area contributed by atoms with Gasteiger partial charge >= 0.3 is 11.9 Å². The largest absolute Gasteiger partial charge is 0.481 e. The lowest BCUT2D eigenvalue weighted by molar-refractivity contribution is -0.156. The fourth-order valence-corrected chi connectivity index (χ4v) is 4.97. The molecule has 3 N–H and O–H groups in total. The second kappa shape index (κ2) is 18.3. The van der Waals surface area contributed by atoms with Gasteiger partial charge in [0.15, 0.2) is 5.25 Å². The Morgan fingerprint density at radius 2 is 1.07 bits per heavy atom. The van der Waals surface area contributed by atoms with Crippen molar-refractivity contribution in [1.29, 1.82) is 0 Å². The van der Waals surface area contributed by atoms with Gasteiger partial charge in [0, 0.05) is 0 Å². The number of aliphatic carboxylic acids is 2. The van der Waals surface area contributed by atoms with E-state index in [2.05, 4.69) is 13.8 Å². The number of unbranched alkanes of at least 4 members (excludes halogenated alkanes) is 10. The Morgan fingerprint density at radius 3 is 1.33 bits per heavy atom. The molecule has 10 heteroatoms. The molecular formula is C20H44O7P2S. The molecule has 3 atom stereocenters. The Bertz CT molecular complexity index is 552. The van der Waals surface area contributed by atoms with Crippen LogP contribution in [-0.2, 0) is 19.7 Å². The quantitative estimate of drug-likeness (QED) is 0.140. The van der Waals surface area contributed by atoms with Gasteiger partial charge in [-0.3, -0.25) is 14.1 Å². The van der Waals surface area contributed by atoms with E-state index in [1.807, 2.05) is 0 Å². The molecule has 0 fully saturated rings. The first kappa shape index (κ1) is 34.3. The smallest absolute Gasteiger partial charge is 0.325 e. The third-order valence-electron chi connectivity index (χ3n) is 5.40. The molecule has 0 saturated carbocycles. The van der Waals surface area contributed by atoms with E-state index in [0.29, 0.717) is 25.7 Å². The molecule has 0 aromatic rings. The lowest BCUT2D eigenvalue weighted by Crippen LogP contribution is -2.51. The molecule has 0 aromatic heterocycles. The maximum absolute atomic E-state index is 12.1. The second-order valence-corrected chi connectivity index (χ2v) is 9.23. The molecule has 3 unspecified atom stereocenters. The highest BCUT2D eigenvalue weighted by Gasteiger charge is 2.55. The standard InChI is InChI=1S/C20H38O7S.2H3P/c1-3-5-7-9-11-13-15-20(19(23)24,16-14-12-10-8-6-4-2)17(18(21)22)28(25,26)27;;/h17H,3-16H2,1-2H3,(H,21,22)(H,23,24)(H,25,26,27);2*1H3. The summed E-state index contributed by atoms with van der Waals surface area (Å²) in [7, 11) is -5.05. The summed E-state index contributed by atoms with van der Waals surface area (Å²) in [6.45, 7) is 4.17. The van der Waals surface area contributed by atoms with E-state index in [1.54, 1.807) is 0 Å². The Kier molecular flexibility index (Phi) is 20.9. The second-order valence-electron chi connectivity index (χ2n) is 7.73. The third kappa shape index (κ3) is 12.5. The van der Waals surface area contributed by atoms with Crippen molar-refractivity contribution in [2.75, 3.05) is 0 Å². The highest BCUT2D eigenvalue weighted by Crippen LogP contribution is 2.39. The van der Waals surface area contributed by atoms with Gasteiger partial charge in [0.2, 0.25) is 0 Å². The van der Waals surface area contributed by atoms with Gasteiger partial charge in [0.25, 0.3) is 10.1 Å². The van der Waals surface area contributed by atoms with Crippen LogP contribution >= 0.6 is 19.8 Å². The first-order valence-corrected chi connectivity index (χ1v) is 12.1. The molecule has 0 aliphatic rings. The Balaban J connectivity index is -0.00000364. The lowest BCUT2D eigenvalue weighted by Gasteiger charge is -2.33. The van der Waals surface area contributed by atoms with Crippen LogP contribution < -0.4 is 0 Å². The fraction of sp³-hybridized carbons (Fsp3) is 0.900. The molecule has 0 saturated heterocycles. The predicted molar refractivity (Wildman–Crippen MR) is 131 cm³/mol. The normalized spacial score (nSPS) is 12.5. The molecule has 0 aromatic carbocycles.